The predicted octanol–water partition coefficient (Wildman–Crippen LogP) is 13.4. The molecule has 49 heavy (non-hydrogen) atoms. The maximum absolute atomic E-state index is 2.51. The molecule has 0 heterocycles. The molecule has 0 saturated heterocycles. The van der Waals surface area contributed by atoms with Gasteiger partial charge in [-0.2, -0.15) is 0 Å². The predicted molar refractivity (Wildman–Crippen MR) is 206 cm³/mol. The number of anilines is 3. The zero-order valence-electron chi connectivity index (χ0n) is 29.5. The molecule has 5 aromatic carbocycles. The average molecular weight is 642 g/mol. The Kier molecular flexibility index (Phi) is 7.79. The van der Waals surface area contributed by atoms with Crippen LogP contribution in [0.1, 0.15) is 118 Å². The van der Waals surface area contributed by atoms with Gasteiger partial charge in [0.2, 0.25) is 0 Å². The van der Waals surface area contributed by atoms with Crippen LogP contribution in [-0.2, 0) is 10.8 Å². The van der Waals surface area contributed by atoms with Crippen molar-refractivity contribution < 1.29 is 0 Å². The summed E-state index contributed by atoms with van der Waals surface area (Å²) in [6.07, 6.45) is 14.8. The Morgan fingerprint density at radius 2 is 1.14 bits per heavy atom. The molecule has 1 heteroatoms. The molecule has 4 aliphatic carbocycles. The summed E-state index contributed by atoms with van der Waals surface area (Å²) >= 11 is 0. The number of fused-ring (bicyclic) bond motifs is 5. The van der Waals surface area contributed by atoms with E-state index in [9.17, 15) is 0 Å². The molecule has 0 spiro atoms. The Morgan fingerprint density at radius 3 is 1.84 bits per heavy atom. The van der Waals surface area contributed by atoms with Crippen molar-refractivity contribution in [2.75, 3.05) is 4.90 Å². The zero-order chi connectivity index (χ0) is 33.0. The molecule has 0 aromatic heterocycles. The van der Waals surface area contributed by atoms with Crippen molar-refractivity contribution in [3.63, 3.8) is 0 Å². The van der Waals surface area contributed by atoms with E-state index in [2.05, 4.69) is 140 Å². The summed E-state index contributed by atoms with van der Waals surface area (Å²) < 4.78 is 0. The molecule has 3 saturated carbocycles. The molecule has 0 N–H and O–H groups in total. The minimum absolute atomic E-state index is 0.0383. The Labute approximate surface area is 294 Å². The first-order valence-corrected chi connectivity index (χ1v) is 19.3. The summed E-state index contributed by atoms with van der Waals surface area (Å²) in [6, 6.07) is 47.1. The number of hydrogen-bond donors (Lipinski definition) is 0. The molecule has 5 aromatic rings. The van der Waals surface area contributed by atoms with Crippen molar-refractivity contribution in [1.29, 1.82) is 0 Å². The third kappa shape index (κ3) is 5.27. The Morgan fingerprint density at radius 1 is 0.531 bits per heavy atom. The largest absolute Gasteiger partial charge is 0.310 e. The summed E-state index contributed by atoms with van der Waals surface area (Å²) in [5, 5.41) is 0. The maximum Gasteiger partial charge on any atom is 0.0465 e. The molecular weight excluding hydrogens is 591 g/mol. The Bertz CT molecular complexity index is 1920. The molecule has 248 valence electrons. The molecule has 1 nitrogen and oxygen atoms in total. The summed E-state index contributed by atoms with van der Waals surface area (Å²) in [5.41, 5.74) is 13.9. The van der Waals surface area contributed by atoms with Crippen LogP contribution in [0.3, 0.4) is 0 Å². The number of hydrogen-bond acceptors (Lipinski definition) is 1. The van der Waals surface area contributed by atoms with Gasteiger partial charge in [-0.25, -0.2) is 0 Å². The van der Waals surface area contributed by atoms with Crippen molar-refractivity contribution in [3.8, 4) is 11.1 Å². The molecule has 3 unspecified atom stereocenters. The van der Waals surface area contributed by atoms with Crippen molar-refractivity contribution in [1.82, 2.24) is 0 Å². The van der Waals surface area contributed by atoms with E-state index < -0.39 is 0 Å². The van der Waals surface area contributed by atoms with Gasteiger partial charge in [-0.05, 0) is 125 Å². The lowest BCUT2D eigenvalue weighted by atomic mass is 9.67. The fourth-order valence-corrected chi connectivity index (χ4v) is 10.7. The highest BCUT2D eigenvalue weighted by Gasteiger charge is 2.40. The summed E-state index contributed by atoms with van der Waals surface area (Å²) in [4.78, 5) is 2.51. The van der Waals surface area contributed by atoms with Gasteiger partial charge in [-0.15, -0.1) is 0 Å². The lowest BCUT2D eigenvalue weighted by Gasteiger charge is -2.37. The molecule has 4 aliphatic rings. The molecule has 3 fully saturated rings. The van der Waals surface area contributed by atoms with E-state index in [-0.39, 0.29) is 10.8 Å². The van der Waals surface area contributed by atoms with Gasteiger partial charge < -0.3 is 4.90 Å². The van der Waals surface area contributed by atoms with E-state index in [4.69, 9.17) is 0 Å². The van der Waals surface area contributed by atoms with Gasteiger partial charge in [0, 0.05) is 27.9 Å². The van der Waals surface area contributed by atoms with Crippen LogP contribution in [0.2, 0.25) is 0 Å². The fourth-order valence-electron chi connectivity index (χ4n) is 10.7. The first-order valence-electron chi connectivity index (χ1n) is 19.3. The summed E-state index contributed by atoms with van der Waals surface area (Å²) in [7, 11) is 0. The quantitative estimate of drug-likeness (QED) is 0.178. The molecule has 0 radical (unpaired) electrons. The second kappa shape index (κ2) is 12.3. The van der Waals surface area contributed by atoms with Crippen molar-refractivity contribution >= 4 is 17.1 Å². The Balaban J connectivity index is 1.13. The van der Waals surface area contributed by atoms with Crippen LogP contribution < -0.4 is 4.90 Å². The molecular formula is C48H51N. The third-order valence-electron chi connectivity index (χ3n) is 13.4. The normalized spacial score (nSPS) is 23.3. The SMILES string of the molecule is CC1(C)c2ccccc2-c2ccc(N(c3ccc(C4CC5CCC4C5)cc3)c3ccc(C4(c5ccccc5)CCCCCCC4)cc3)cc21. The number of benzene rings is 5. The van der Waals surface area contributed by atoms with Gasteiger partial charge in [-0.3, -0.25) is 0 Å². The lowest BCUT2D eigenvalue weighted by molar-refractivity contribution is 0.366. The second-order valence-corrected chi connectivity index (χ2v) is 16.4. The van der Waals surface area contributed by atoms with Crippen LogP contribution in [0.5, 0.6) is 0 Å². The van der Waals surface area contributed by atoms with Gasteiger partial charge in [-0.1, -0.05) is 137 Å². The van der Waals surface area contributed by atoms with E-state index in [1.807, 2.05) is 0 Å². The van der Waals surface area contributed by atoms with Gasteiger partial charge in [0.15, 0.2) is 0 Å². The minimum atomic E-state index is -0.0383. The van der Waals surface area contributed by atoms with Crippen LogP contribution in [-0.4, -0.2) is 0 Å². The smallest absolute Gasteiger partial charge is 0.0465 e. The first-order chi connectivity index (χ1) is 24.0. The number of nitrogens with zero attached hydrogens (tertiary/aromatic N) is 1. The molecule has 2 bridgehead atoms. The van der Waals surface area contributed by atoms with Crippen LogP contribution in [0.25, 0.3) is 11.1 Å². The van der Waals surface area contributed by atoms with E-state index >= 15 is 0 Å². The van der Waals surface area contributed by atoms with Gasteiger partial charge in [0.25, 0.3) is 0 Å². The topological polar surface area (TPSA) is 3.24 Å². The second-order valence-electron chi connectivity index (χ2n) is 16.4. The number of rotatable bonds is 6. The molecule has 0 amide bonds. The summed E-state index contributed by atoms with van der Waals surface area (Å²) in [5.74, 6) is 2.60. The van der Waals surface area contributed by atoms with E-state index in [1.54, 1.807) is 5.56 Å². The van der Waals surface area contributed by atoms with E-state index in [0.29, 0.717) is 0 Å². The summed E-state index contributed by atoms with van der Waals surface area (Å²) in [6.45, 7) is 4.78. The van der Waals surface area contributed by atoms with Crippen LogP contribution in [0.4, 0.5) is 17.1 Å². The lowest BCUT2D eigenvalue weighted by Crippen LogP contribution is -2.29. The van der Waals surface area contributed by atoms with E-state index in [0.717, 1.165) is 17.8 Å². The minimum Gasteiger partial charge on any atom is -0.310 e. The monoisotopic (exact) mass is 641 g/mol. The first kappa shape index (κ1) is 30.9. The van der Waals surface area contributed by atoms with Crippen LogP contribution >= 0.6 is 0 Å². The van der Waals surface area contributed by atoms with Crippen molar-refractivity contribution in [2.45, 2.75) is 101 Å². The fraction of sp³-hybridized carbons (Fsp3) is 0.375. The third-order valence-corrected chi connectivity index (χ3v) is 13.4. The maximum atomic E-state index is 2.51. The Hall–Kier alpha value is -4.10. The highest BCUT2D eigenvalue weighted by molar-refractivity contribution is 5.85. The van der Waals surface area contributed by atoms with Gasteiger partial charge >= 0.3 is 0 Å². The van der Waals surface area contributed by atoms with Crippen molar-refractivity contribution in [3.05, 3.63) is 149 Å². The molecule has 9 rings (SSSR count). The standard InChI is InChI=1S/C48H51N/c1-47(2)45-16-10-9-15-42(45)43-28-27-41(33-46(43)47)49(39-23-19-35(20-24-39)44-32-34-17-18-36(44)31-34)40-25-21-38(22-26-40)48(37-13-7-6-8-14-37)29-11-4-3-5-12-30-48/h6-10,13-16,19-28,33-34,36,44H,3-5,11-12,17-18,29-32H2,1-2H3. The van der Waals surface area contributed by atoms with Crippen LogP contribution in [0.15, 0.2) is 121 Å². The van der Waals surface area contributed by atoms with Gasteiger partial charge in [0.1, 0.15) is 0 Å². The average Bonchev–Trinajstić information content (AvgIpc) is 3.83. The molecule has 0 aliphatic heterocycles. The highest BCUT2D eigenvalue weighted by atomic mass is 15.1. The van der Waals surface area contributed by atoms with Crippen molar-refractivity contribution in [2.24, 2.45) is 11.8 Å². The van der Waals surface area contributed by atoms with Gasteiger partial charge in [0.05, 0.1) is 0 Å². The van der Waals surface area contributed by atoms with Crippen LogP contribution in [0, 0.1) is 11.8 Å². The molecule has 3 atom stereocenters. The highest BCUT2D eigenvalue weighted by Crippen LogP contribution is 2.54. The van der Waals surface area contributed by atoms with E-state index in [1.165, 1.54) is 121 Å². The zero-order valence-corrected chi connectivity index (χ0v) is 29.5.